The molecule has 2 rings (SSSR count). The maximum atomic E-state index is 14.0. The van der Waals surface area contributed by atoms with Crippen LogP contribution in [0.2, 0.25) is 5.02 Å². The van der Waals surface area contributed by atoms with E-state index >= 15 is 0 Å². The van der Waals surface area contributed by atoms with Gasteiger partial charge in [0.25, 0.3) is 0 Å². The summed E-state index contributed by atoms with van der Waals surface area (Å²) in [5, 5.41) is 4.07. The molecule has 0 amide bonds. The number of benzene rings is 1. The van der Waals surface area contributed by atoms with E-state index in [9.17, 15) is 4.39 Å². The molecule has 2 unspecified atom stereocenters. The number of rotatable bonds is 5. The number of hydrogen-bond donors (Lipinski definition) is 1. The number of hydrogen-bond acceptors (Lipinski definition) is 2. The molecule has 0 radical (unpaired) electrons. The van der Waals surface area contributed by atoms with Gasteiger partial charge in [-0.15, -0.1) is 0 Å². The maximum absolute atomic E-state index is 14.0. The van der Waals surface area contributed by atoms with E-state index < -0.39 is 0 Å². The lowest BCUT2D eigenvalue weighted by molar-refractivity contribution is 0.104. The Morgan fingerprint density at radius 3 is 2.81 bits per heavy atom. The molecule has 1 aromatic rings. The lowest BCUT2D eigenvalue weighted by Gasteiger charge is -2.41. The third-order valence-electron chi connectivity index (χ3n) is 4.24. The lowest BCUT2D eigenvalue weighted by Crippen LogP contribution is -2.56. The third-order valence-corrected chi connectivity index (χ3v) is 4.47. The molecular formula is C17H26ClFN2. The minimum absolute atomic E-state index is 0.197. The van der Waals surface area contributed by atoms with Gasteiger partial charge in [0, 0.05) is 42.3 Å². The van der Waals surface area contributed by atoms with Crippen molar-refractivity contribution >= 4 is 11.6 Å². The summed E-state index contributed by atoms with van der Waals surface area (Å²) in [6.07, 6.45) is 2.24. The molecule has 0 aromatic heterocycles. The van der Waals surface area contributed by atoms with Gasteiger partial charge in [0.05, 0.1) is 0 Å². The first-order valence-corrected chi connectivity index (χ1v) is 8.28. The predicted molar refractivity (Wildman–Crippen MR) is 87.1 cm³/mol. The van der Waals surface area contributed by atoms with Crippen molar-refractivity contribution in [3.8, 4) is 0 Å². The zero-order chi connectivity index (χ0) is 15.4. The fourth-order valence-electron chi connectivity index (χ4n) is 3.04. The third kappa shape index (κ3) is 4.67. The summed E-state index contributed by atoms with van der Waals surface area (Å²) in [4.78, 5) is 2.43. The highest BCUT2D eigenvalue weighted by Gasteiger charge is 2.28. The van der Waals surface area contributed by atoms with E-state index in [4.69, 9.17) is 11.6 Å². The molecule has 4 heteroatoms. The van der Waals surface area contributed by atoms with Crippen LogP contribution in [0.25, 0.3) is 0 Å². The molecule has 1 N–H and O–H groups in total. The molecule has 0 spiro atoms. The summed E-state index contributed by atoms with van der Waals surface area (Å²) in [5.74, 6) is 0.449. The molecule has 0 saturated carbocycles. The van der Waals surface area contributed by atoms with Crippen LogP contribution in [0.5, 0.6) is 0 Å². The Balaban J connectivity index is 2.11. The minimum atomic E-state index is -0.197. The molecule has 1 heterocycles. The van der Waals surface area contributed by atoms with Gasteiger partial charge in [0.15, 0.2) is 0 Å². The van der Waals surface area contributed by atoms with Crippen LogP contribution in [-0.2, 0) is 6.54 Å². The summed E-state index contributed by atoms with van der Waals surface area (Å²) >= 11 is 5.84. The van der Waals surface area contributed by atoms with E-state index in [0.29, 0.717) is 29.6 Å². The fourth-order valence-corrected chi connectivity index (χ4v) is 3.20. The highest BCUT2D eigenvalue weighted by Crippen LogP contribution is 2.22. The standard InChI is InChI=1S/C17H26ClFN2/c1-4-15-11-21(16(9-20-15)7-12(2)3)10-13-5-6-14(18)8-17(13)19/h5-6,8,12,15-16,20H,4,7,9-11H2,1-3H3. The zero-order valence-electron chi connectivity index (χ0n) is 13.2. The lowest BCUT2D eigenvalue weighted by atomic mass is 9.97. The van der Waals surface area contributed by atoms with Gasteiger partial charge in [0.1, 0.15) is 5.82 Å². The molecule has 0 bridgehead atoms. The van der Waals surface area contributed by atoms with Crippen molar-refractivity contribution in [2.24, 2.45) is 5.92 Å². The van der Waals surface area contributed by atoms with Crippen LogP contribution in [0.1, 0.15) is 39.2 Å². The Kier molecular flexibility index (Phi) is 6.03. The second kappa shape index (κ2) is 7.57. The topological polar surface area (TPSA) is 15.3 Å². The van der Waals surface area contributed by atoms with Gasteiger partial charge in [-0.1, -0.05) is 38.4 Å². The Morgan fingerprint density at radius 1 is 1.43 bits per heavy atom. The van der Waals surface area contributed by atoms with Gasteiger partial charge in [-0.3, -0.25) is 4.90 Å². The van der Waals surface area contributed by atoms with Crippen molar-refractivity contribution in [2.75, 3.05) is 13.1 Å². The second-order valence-corrected chi connectivity index (χ2v) is 6.90. The maximum Gasteiger partial charge on any atom is 0.129 e. The second-order valence-electron chi connectivity index (χ2n) is 6.46. The number of piperazine rings is 1. The first-order valence-electron chi connectivity index (χ1n) is 7.91. The smallest absolute Gasteiger partial charge is 0.129 e. The van der Waals surface area contributed by atoms with E-state index in [-0.39, 0.29) is 5.82 Å². The van der Waals surface area contributed by atoms with Crippen LogP contribution < -0.4 is 5.32 Å². The molecule has 2 atom stereocenters. The summed E-state index contributed by atoms with van der Waals surface area (Å²) in [7, 11) is 0. The Morgan fingerprint density at radius 2 is 2.19 bits per heavy atom. The van der Waals surface area contributed by atoms with Crippen LogP contribution in [0.3, 0.4) is 0 Å². The number of nitrogens with zero attached hydrogens (tertiary/aromatic N) is 1. The van der Waals surface area contributed by atoms with E-state index in [0.717, 1.165) is 31.5 Å². The highest BCUT2D eigenvalue weighted by atomic mass is 35.5. The minimum Gasteiger partial charge on any atom is -0.311 e. The van der Waals surface area contributed by atoms with Gasteiger partial charge in [0.2, 0.25) is 0 Å². The van der Waals surface area contributed by atoms with E-state index in [2.05, 4.69) is 31.0 Å². The van der Waals surface area contributed by atoms with Gasteiger partial charge in [-0.05, 0) is 30.9 Å². The predicted octanol–water partition coefficient (Wildman–Crippen LogP) is 4.08. The van der Waals surface area contributed by atoms with Crippen LogP contribution in [-0.4, -0.2) is 30.1 Å². The molecule has 21 heavy (non-hydrogen) atoms. The summed E-state index contributed by atoms with van der Waals surface area (Å²) in [6.45, 7) is 9.32. The quantitative estimate of drug-likeness (QED) is 0.881. The zero-order valence-corrected chi connectivity index (χ0v) is 14.0. The van der Waals surface area contributed by atoms with Gasteiger partial charge >= 0.3 is 0 Å². The molecular weight excluding hydrogens is 287 g/mol. The monoisotopic (exact) mass is 312 g/mol. The largest absolute Gasteiger partial charge is 0.311 e. The van der Waals surface area contributed by atoms with Gasteiger partial charge < -0.3 is 5.32 Å². The molecule has 1 saturated heterocycles. The Hall–Kier alpha value is -0.640. The van der Waals surface area contributed by atoms with Crippen molar-refractivity contribution in [2.45, 2.75) is 52.2 Å². The van der Waals surface area contributed by atoms with E-state index in [1.165, 1.54) is 6.07 Å². The average molecular weight is 313 g/mol. The van der Waals surface area contributed by atoms with Gasteiger partial charge in [-0.2, -0.15) is 0 Å². The van der Waals surface area contributed by atoms with Crippen LogP contribution in [0.4, 0.5) is 4.39 Å². The first-order chi connectivity index (χ1) is 9.99. The van der Waals surface area contributed by atoms with Crippen molar-refractivity contribution in [1.29, 1.82) is 0 Å². The molecule has 1 aromatic carbocycles. The SMILES string of the molecule is CCC1CN(Cc2ccc(Cl)cc2F)C(CC(C)C)CN1. The van der Waals surface area contributed by atoms with Crippen molar-refractivity contribution in [3.05, 3.63) is 34.6 Å². The number of halogens is 2. The Labute approximate surface area is 132 Å². The van der Waals surface area contributed by atoms with Crippen molar-refractivity contribution < 1.29 is 4.39 Å². The van der Waals surface area contributed by atoms with Crippen LogP contribution >= 0.6 is 11.6 Å². The van der Waals surface area contributed by atoms with Crippen molar-refractivity contribution in [1.82, 2.24) is 10.2 Å². The van der Waals surface area contributed by atoms with Crippen molar-refractivity contribution in [3.63, 3.8) is 0 Å². The number of nitrogens with one attached hydrogen (secondary N) is 1. The fraction of sp³-hybridized carbons (Fsp3) is 0.647. The Bertz CT molecular complexity index is 464. The van der Waals surface area contributed by atoms with E-state index in [1.54, 1.807) is 6.07 Å². The summed E-state index contributed by atoms with van der Waals surface area (Å²) in [6, 6.07) is 5.98. The molecule has 1 fully saturated rings. The molecule has 1 aliphatic rings. The van der Waals surface area contributed by atoms with Crippen LogP contribution in [0, 0.1) is 11.7 Å². The normalized spacial score (nSPS) is 23.7. The van der Waals surface area contributed by atoms with E-state index in [1.807, 2.05) is 6.07 Å². The molecule has 0 aliphatic carbocycles. The van der Waals surface area contributed by atoms with Crippen LogP contribution in [0.15, 0.2) is 18.2 Å². The highest BCUT2D eigenvalue weighted by molar-refractivity contribution is 6.30. The first kappa shape index (κ1) is 16.7. The van der Waals surface area contributed by atoms with Gasteiger partial charge in [-0.25, -0.2) is 4.39 Å². The molecule has 2 nitrogen and oxygen atoms in total. The molecule has 1 aliphatic heterocycles. The summed E-state index contributed by atoms with van der Waals surface area (Å²) < 4.78 is 14.0. The molecule has 118 valence electrons. The average Bonchev–Trinajstić information content (AvgIpc) is 2.43. The summed E-state index contributed by atoms with van der Waals surface area (Å²) in [5.41, 5.74) is 0.741.